The highest BCUT2D eigenvalue weighted by Crippen LogP contribution is 2.26. The predicted molar refractivity (Wildman–Crippen MR) is 63.4 cm³/mol. The molecule has 1 aromatic rings. The van der Waals surface area contributed by atoms with Crippen molar-refractivity contribution in [2.75, 3.05) is 7.11 Å². The van der Waals surface area contributed by atoms with E-state index in [-0.39, 0.29) is 23.4 Å². The second kappa shape index (κ2) is 5.49. The van der Waals surface area contributed by atoms with Crippen LogP contribution in [0.2, 0.25) is 5.28 Å². The second-order valence-corrected chi connectivity index (χ2v) is 4.72. The summed E-state index contributed by atoms with van der Waals surface area (Å²) in [6.07, 6.45) is 4.69. The van der Waals surface area contributed by atoms with Gasteiger partial charge in [0.2, 0.25) is 5.28 Å². The van der Waals surface area contributed by atoms with Crippen molar-refractivity contribution in [3.05, 3.63) is 5.28 Å². The number of hydrogen-bond acceptors (Lipinski definition) is 5. The average molecular weight is 258 g/mol. The molecule has 1 heterocycles. The van der Waals surface area contributed by atoms with Crippen LogP contribution in [0.15, 0.2) is 0 Å². The fourth-order valence-corrected chi connectivity index (χ4v) is 2.24. The van der Waals surface area contributed by atoms with Gasteiger partial charge in [-0.1, -0.05) is 13.3 Å². The Hall–Kier alpha value is -1.10. The molecule has 6 heteroatoms. The highest BCUT2D eigenvalue weighted by atomic mass is 35.5. The lowest BCUT2D eigenvalue weighted by Crippen LogP contribution is -2.25. The Bertz CT molecular complexity index is 389. The maximum absolute atomic E-state index is 5.75. The number of hydrogen-bond donors (Lipinski definition) is 0. The van der Waals surface area contributed by atoms with Crippen LogP contribution in [0.4, 0.5) is 0 Å². The minimum absolute atomic E-state index is 0.0932. The molecule has 0 amide bonds. The summed E-state index contributed by atoms with van der Waals surface area (Å²) in [4.78, 5) is 11.8. The van der Waals surface area contributed by atoms with Crippen molar-refractivity contribution >= 4 is 11.6 Å². The van der Waals surface area contributed by atoms with Crippen molar-refractivity contribution in [3.63, 3.8) is 0 Å². The quantitative estimate of drug-likeness (QED) is 0.833. The summed E-state index contributed by atoms with van der Waals surface area (Å²) in [5.74, 6) is 0.688. The third-order valence-corrected chi connectivity index (χ3v) is 3.08. The molecule has 17 heavy (non-hydrogen) atoms. The van der Waals surface area contributed by atoms with Crippen LogP contribution in [0.25, 0.3) is 0 Å². The summed E-state index contributed by atoms with van der Waals surface area (Å²) >= 11 is 5.75. The summed E-state index contributed by atoms with van der Waals surface area (Å²) in [7, 11) is 1.48. The standard InChI is InChI=1S/C11H16ClN3O2/c1-7-4-3-5-8(6-7)17-11-14-9(12)13-10(15-11)16-2/h7-8H,3-6H2,1-2H3. The summed E-state index contributed by atoms with van der Waals surface area (Å²) in [6.45, 7) is 2.23. The lowest BCUT2D eigenvalue weighted by atomic mass is 9.89. The third-order valence-electron chi connectivity index (χ3n) is 2.91. The Morgan fingerprint density at radius 2 is 1.94 bits per heavy atom. The Labute approximate surface area is 106 Å². The van der Waals surface area contributed by atoms with E-state index in [0.29, 0.717) is 5.92 Å². The van der Waals surface area contributed by atoms with Gasteiger partial charge < -0.3 is 9.47 Å². The predicted octanol–water partition coefficient (Wildman–Crippen LogP) is 2.49. The Kier molecular flexibility index (Phi) is 3.99. The Morgan fingerprint density at radius 3 is 2.65 bits per heavy atom. The number of halogens is 1. The van der Waals surface area contributed by atoms with Crippen LogP contribution < -0.4 is 9.47 Å². The van der Waals surface area contributed by atoms with Gasteiger partial charge in [-0.05, 0) is 36.8 Å². The van der Waals surface area contributed by atoms with Crippen LogP contribution in [0, 0.1) is 5.92 Å². The van der Waals surface area contributed by atoms with E-state index in [1.165, 1.54) is 20.0 Å². The minimum atomic E-state index is 0.0932. The first-order chi connectivity index (χ1) is 8.17. The molecule has 0 saturated heterocycles. The van der Waals surface area contributed by atoms with E-state index in [2.05, 4.69) is 21.9 Å². The smallest absolute Gasteiger partial charge is 0.324 e. The van der Waals surface area contributed by atoms with Crippen molar-refractivity contribution in [2.45, 2.75) is 38.7 Å². The van der Waals surface area contributed by atoms with Crippen LogP contribution in [-0.2, 0) is 0 Å². The zero-order valence-corrected chi connectivity index (χ0v) is 10.8. The van der Waals surface area contributed by atoms with Crippen LogP contribution in [0.1, 0.15) is 32.6 Å². The molecule has 0 N–H and O–H groups in total. The molecule has 2 rings (SSSR count). The zero-order chi connectivity index (χ0) is 12.3. The molecule has 94 valence electrons. The van der Waals surface area contributed by atoms with Gasteiger partial charge in [-0.25, -0.2) is 0 Å². The van der Waals surface area contributed by atoms with E-state index in [4.69, 9.17) is 21.1 Å². The van der Waals surface area contributed by atoms with Gasteiger partial charge in [-0.15, -0.1) is 4.98 Å². The molecule has 1 aliphatic rings. The van der Waals surface area contributed by atoms with Crippen LogP contribution in [0.3, 0.4) is 0 Å². The summed E-state index contributed by atoms with van der Waals surface area (Å²) in [5, 5.41) is 0.0932. The minimum Gasteiger partial charge on any atom is -0.467 e. The summed E-state index contributed by atoms with van der Waals surface area (Å²) < 4.78 is 10.6. The molecule has 0 radical (unpaired) electrons. The van der Waals surface area contributed by atoms with Gasteiger partial charge in [0.1, 0.15) is 6.10 Å². The van der Waals surface area contributed by atoms with Crippen LogP contribution >= 0.6 is 11.6 Å². The van der Waals surface area contributed by atoms with Gasteiger partial charge in [0, 0.05) is 0 Å². The summed E-state index contributed by atoms with van der Waals surface area (Å²) in [6, 6.07) is 0.435. The molecule has 0 aromatic carbocycles. The molecule has 1 aromatic heterocycles. The first-order valence-corrected chi connectivity index (χ1v) is 6.17. The first kappa shape index (κ1) is 12.4. The average Bonchev–Trinajstić information content (AvgIpc) is 2.28. The van der Waals surface area contributed by atoms with E-state index >= 15 is 0 Å². The van der Waals surface area contributed by atoms with Gasteiger partial charge in [0.05, 0.1) is 7.11 Å². The topological polar surface area (TPSA) is 57.1 Å². The van der Waals surface area contributed by atoms with E-state index in [1.807, 2.05) is 0 Å². The lowest BCUT2D eigenvalue weighted by Gasteiger charge is -2.26. The summed E-state index contributed by atoms with van der Waals surface area (Å²) in [5.41, 5.74) is 0. The van der Waals surface area contributed by atoms with Crippen molar-refractivity contribution in [2.24, 2.45) is 5.92 Å². The lowest BCUT2D eigenvalue weighted by molar-refractivity contribution is 0.116. The molecule has 0 spiro atoms. The van der Waals surface area contributed by atoms with Gasteiger partial charge in [-0.2, -0.15) is 9.97 Å². The van der Waals surface area contributed by atoms with Gasteiger partial charge in [0.25, 0.3) is 0 Å². The second-order valence-electron chi connectivity index (χ2n) is 4.39. The third kappa shape index (κ3) is 3.43. The van der Waals surface area contributed by atoms with Gasteiger partial charge >= 0.3 is 12.0 Å². The van der Waals surface area contributed by atoms with Crippen LogP contribution in [0.5, 0.6) is 12.0 Å². The van der Waals surface area contributed by atoms with E-state index in [9.17, 15) is 0 Å². The normalized spacial score (nSPS) is 24.4. The van der Waals surface area contributed by atoms with E-state index in [1.54, 1.807) is 0 Å². The number of rotatable bonds is 3. The van der Waals surface area contributed by atoms with Crippen molar-refractivity contribution in [1.82, 2.24) is 15.0 Å². The van der Waals surface area contributed by atoms with Crippen molar-refractivity contribution < 1.29 is 9.47 Å². The maximum Gasteiger partial charge on any atom is 0.324 e. The zero-order valence-electron chi connectivity index (χ0n) is 10.0. The Morgan fingerprint density at radius 1 is 1.18 bits per heavy atom. The van der Waals surface area contributed by atoms with Crippen molar-refractivity contribution in [1.29, 1.82) is 0 Å². The number of nitrogens with zero attached hydrogens (tertiary/aromatic N) is 3. The molecule has 0 aliphatic heterocycles. The van der Waals surface area contributed by atoms with Gasteiger partial charge in [0.15, 0.2) is 0 Å². The number of aromatic nitrogens is 3. The monoisotopic (exact) mass is 257 g/mol. The highest BCUT2D eigenvalue weighted by molar-refractivity contribution is 6.28. The molecule has 1 fully saturated rings. The molecule has 0 bridgehead atoms. The van der Waals surface area contributed by atoms with E-state index < -0.39 is 0 Å². The molecule has 2 atom stereocenters. The molecule has 5 nitrogen and oxygen atoms in total. The molecule has 1 saturated carbocycles. The van der Waals surface area contributed by atoms with Crippen LogP contribution in [-0.4, -0.2) is 28.2 Å². The SMILES string of the molecule is COc1nc(Cl)nc(OC2CCCC(C)C2)n1. The first-order valence-electron chi connectivity index (χ1n) is 5.79. The molecule has 2 unspecified atom stereocenters. The molecular weight excluding hydrogens is 242 g/mol. The molecule has 1 aliphatic carbocycles. The highest BCUT2D eigenvalue weighted by Gasteiger charge is 2.21. The maximum atomic E-state index is 5.75. The Balaban J connectivity index is 2.04. The van der Waals surface area contributed by atoms with Crippen molar-refractivity contribution in [3.8, 4) is 12.0 Å². The largest absolute Gasteiger partial charge is 0.467 e. The fraction of sp³-hybridized carbons (Fsp3) is 0.727. The number of methoxy groups -OCH3 is 1. The van der Waals surface area contributed by atoms with Gasteiger partial charge in [-0.3, -0.25) is 0 Å². The number of ether oxygens (including phenoxy) is 2. The van der Waals surface area contributed by atoms with E-state index in [0.717, 1.165) is 12.8 Å². The molecular formula is C11H16ClN3O2. The fourth-order valence-electron chi connectivity index (χ4n) is 2.09.